The molecule has 2 heterocycles. The third kappa shape index (κ3) is 2.49. The Bertz CT molecular complexity index is 756. The molecule has 0 amide bonds. The van der Waals surface area contributed by atoms with E-state index in [0.717, 1.165) is 23.3 Å². The summed E-state index contributed by atoms with van der Waals surface area (Å²) >= 11 is 1.83. The summed E-state index contributed by atoms with van der Waals surface area (Å²) in [5.74, 6) is 1.02. The highest BCUT2D eigenvalue weighted by atomic mass is 32.1. The van der Waals surface area contributed by atoms with Gasteiger partial charge in [0.2, 0.25) is 0 Å². The number of nitrogens with two attached hydrogens (primary N) is 1. The van der Waals surface area contributed by atoms with Crippen molar-refractivity contribution >= 4 is 22.4 Å². The molecule has 21 heavy (non-hydrogen) atoms. The fourth-order valence-electron chi connectivity index (χ4n) is 2.88. The largest absolute Gasteiger partial charge is 0.326 e. The average Bonchev–Trinajstić information content (AvgIpc) is 3.04. The molecule has 2 atom stereocenters. The molecule has 2 N–H and O–H groups in total. The molecule has 0 bridgehead atoms. The highest BCUT2D eigenvalue weighted by Gasteiger charge is 2.25. The van der Waals surface area contributed by atoms with Gasteiger partial charge < -0.3 is 10.3 Å². The normalized spacial score (nSPS) is 14.5. The van der Waals surface area contributed by atoms with E-state index in [9.17, 15) is 0 Å². The first-order valence-electron chi connectivity index (χ1n) is 7.37. The zero-order valence-corrected chi connectivity index (χ0v) is 13.5. The van der Waals surface area contributed by atoms with Crippen molar-refractivity contribution in [3.8, 4) is 0 Å². The topological polar surface area (TPSA) is 43.8 Å². The third-order valence-electron chi connectivity index (χ3n) is 3.98. The van der Waals surface area contributed by atoms with Gasteiger partial charge in [-0.2, -0.15) is 0 Å². The van der Waals surface area contributed by atoms with Crippen LogP contribution >= 0.6 is 11.3 Å². The lowest BCUT2D eigenvalue weighted by atomic mass is 10.0. The first kappa shape index (κ1) is 14.3. The van der Waals surface area contributed by atoms with Crippen LogP contribution in [0.15, 0.2) is 36.4 Å². The lowest BCUT2D eigenvalue weighted by molar-refractivity contribution is 0.466. The number of para-hydroxylation sites is 2. The van der Waals surface area contributed by atoms with Crippen LogP contribution < -0.4 is 5.73 Å². The standard InChI is InChI=1S/C17H21N3S/c1-4-13(18)17(16-10-9-11(2)21-16)20-12(3)19-14-7-5-6-8-15(14)20/h5-10,13,17H,4,18H2,1-3H3. The molecule has 0 aliphatic rings. The van der Waals surface area contributed by atoms with Crippen LogP contribution in [0.3, 0.4) is 0 Å². The summed E-state index contributed by atoms with van der Waals surface area (Å²) in [6, 6.07) is 12.9. The quantitative estimate of drug-likeness (QED) is 0.790. The van der Waals surface area contributed by atoms with Crippen LogP contribution in [0.25, 0.3) is 11.0 Å². The number of aromatic nitrogens is 2. The number of hydrogen-bond donors (Lipinski definition) is 1. The third-order valence-corrected chi connectivity index (χ3v) is 5.05. The van der Waals surface area contributed by atoms with Crippen LogP contribution in [-0.2, 0) is 0 Å². The van der Waals surface area contributed by atoms with Crippen molar-refractivity contribution in [1.29, 1.82) is 0 Å². The summed E-state index contributed by atoms with van der Waals surface area (Å²) in [5.41, 5.74) is 8.67. The van der Waals surface area contributed by atoms with Crippen molar-refractivity contribution in [3.05, 3.63) is 52.0 Å². The fraction of sp³-hybridized carbons (Fsp3) is 0.353. The number of nitrogens with zero attached hydrogens (tertiary/aromatic N) is 2. The molecule has 4 heteroatoms. The maximum atomic E-state index is 6.47. The molecule has 0 radical (unpaired) electrons. The van der Waals surface area contributed by atoms with Gasteiger partial charge >= 0.3 is 0 Å². The molecule has 2 aromatic heterocycles. The van der Waals surface area contributed by atoms with Crippen LogP contribution in [0.1, 0.15) is 35.0 Å². The van der Waals surface area contributed by atoms with Gasteiger partial charge in [-0.1, -0.05) is 19.1 Å². The van der Waals surface area contributed by atoms with Gasteiger partial charge in [-0.15, -0.1) is 11.3 Å². The molecular formula is C17H21N3S. The number of thiophene rings is 1. The molecule has 3 nitrogen and oxygen atoms in total. The van der Waals surface area contributed by atoms with E-state index in [1.54, 1.807) is 0 Å². The Hall–Kier alpha value is -1.65. The molecule has 0 spiro atoms. The molecule has 0 saturated heterocycles. The van der Waals surface area contributed by atoms with Crippen molar-refractivity contribution in [2.75, 3.05) is 0 Å². The van der Waals surface area contributed by atoms with Gasteiger partial charge in [-0.3, -0.25) is 0 Å². The molecule has 1 aromatic carbocycles. The maximum absolute atomic E-state index is 6.47. The number of aryl methyl sites for hydroxylation is 2. The van der Waals surface area contributed by atoms with Gasteiger partial charge in [0.1, 0.15) is 5.82 Å². The monoisotopic (exact) mass is 299 g/mol. The Kier molecular flexibility index (Phi) is 3.83. The fourth-order valence-corrected chi connectivity index (χ4v) is 3.93. The van der Waals surface area contributed by atoms with Crippen molar-refractivity contribution in [2.45, 2.75) is 39.3 Å². The molecule has 0 aliphatic heterocycles. The smallest absolute Gasteiger partial charge is 0.107 e. The minimum atomic E-state index is 0.0827. The van der Waals surface area contributed by atoms with E-state index in [4.69, 9.17) is 10.7 Å². The van der Waals surface area contributed by atoms with Crippen molar-refractivity contribution in [2.24, 2.45) is 5.73 Å². The first-order chi connectivity index (χ1) is 10.1. The van der Waals surface area contributed by atoms with E-state index < -0.39 is 0 Å². The van der Waals surface area contributed by atoms with Crippen LogP contribution in [-0.4, -0.2) is 15.6 Å². The van der Waals surface area contributed by atoms with Crippen molar-refractivity contribution in [3.63, 3.8) is 0 Å². The van der Waals surface area contributed by atoms with Gasteiger partial charge in [0.15, 0.2) is 0 Å². The Morgan fingerprint density at radius 1 is 1.19 bits per heavy atom. The Labute approximate surface area is 129 Å². The predicted molar refractivity (Wildman–Crippen MR) is 89.9 cm³/mol. The Morgan fingerprint density at radius 2 is 1.95 bits per heavy atom. The molecule has 0 fully saturated rings. The highest BCUT2D eigenvalue weighted by Crippen LogP contribution is 2.33. The molecule has 2 unspecified atom stereocenters. The predicted octanol–water partition coefficient (Wildman–Crippen LogP) is 4.04. The van der Waals surface area contributed by atoms with Gasteiger partial charge in [-0.25, -0.2) is 4.98 Å². The number of benzene rings is 1. The van der Waals surface area contributed by atoms with Crippen LogP contribution in [0.4, 0.5) is 0 Å². The second-order valence-electron chi connectivity index (χ2n) is 5.48. The molecule has 110 valence electrons. The number of fused-ring (bicyclic) bond motifs is 1. The van der Waals surface area contributed by atoms with Gasteiger partial charge in [0, 0.05) is 15.8 Å². The number of imidazole rings is 1. The van der Waals surface area contributed by atoms with E-state index in [1.165, 1.54) is 9.75 Å². The van der Waals surface area contributed by atoms with Gasteiger partial charge in [0.05, 0.1) is 17.1 Å². The SMILES string of the molecule is CCC(N)C(c1ccc(C)s1)n1c(C)nc2ccccc21. The second kappa shape index (κ2) is 5.62. The zero-order valence-electron chi connectivity index (χ0n) is 12.7. The van der Waals surface area contributed by atoms with E-state index in [1.807, 2.05) is 17.4 Å². The summed E-state index contributed by atoms with van der Waals surface area (Å²) in [4.78, 5) is 7.33. The lowest BCUT2D eigenvalue weighted by Gasteiger charge is -2.25. The average molecular weight is 299 g/mol. The number of hydrogen-bond acceptors (Lipinski definition) is 3. The van der Waals surface area contributed by atoms with Crippen molar-refractivity contribution < 1.29 is 0 Å². The second-order valence-corrected chi connectivity index (χ2v) is 6.80. The Morgan fingerprint density at radius 3 is 2.62 bits per heavy atom. The summed E-state index contributed by atoms with van der Waals surface area (Å²) in [6.07, 6.45) is 0.938. The van der Waals surface area contributed by atoms with Crippen LogP contribution in [0.5, 0.6) is 0 Å². The zero-order chi connectivity index (χ0) is 15.0. The van der Waals surface area contributed by atoms with E-state index in [0.29, 0.717) is 0 Å². The van der Waals surface area contributed by atoms with Crippen molar-refractivity contribution in [1.82, 2.24) is 9.55 Å². The Balaban J connectivity index is 2.21. The molecule has 3 aromatic rings. The van der Waals surface area contributed by atoms with Crippen LogP contribution in [0, 0.1) is 13.8 Å². The summed E-state index contributed by atoms with van der Waals surface area (Å²) in [7, 11) is 0. The summed E-state index contributed by atoms with van der Waals surface area (Å²) < 4.78 is 2.30. The number of rotatable bonds is 4. The van der Waals surface area contributed by atoms with E-state index >= 15 is 0 Å². The van der Waals surface area contributed by atoms with Gasteiger partial charge in [-0.05, 0) is 44.5 Å². The molecular weight excluding hydrogens is 278 g/mol. The molecule has 3 rings (SSSR count). The van der Waals surface area contributed by atoms with E-state index in [-0.39, 0.29) is 12.1 Å². The van der Waals surface area contributed by atoms with Gasteiger partial charge in [0.25, 0.3) is 0 Å². The summed E-state index contributed by atoms with van der Waals surface area (Å²) in [5, 5.41) is 0. The lowest BCUT2D eigenvalue weighted by Crippen LogP contribution is -2.32. The minimum Gasteiger partial charge on any atom is -0.326 e. The molecule has 0 aliphatic carbocycles. The first-order valence-corrected chi connectivity index (χ1v) is 8.19. The summed E-state index contributed by atoms with van der Waals surface area (Å²) in [6.45, 7) is 6.35. The molecule has 0 saturated carbocycles. The minimum absolute atomic E-state index is 0.0827. The highest BCUT2D eigenvalue weighted by molar-refractivity contribution is 7.12. The maximum Gasteiger partial charge on any atom is 0.107 e. The van der Waals surface area contributed by atoms with Crippen LogP contribution in [0.2, 0.25) is 0 Å². The van der Waals surface area contributed by atoms with E-state index in [2.05, 4.69) is 55.7 Å².